The maximum atomic E-state index is 15.7. The number of likely N-dealkylation sites (tertiary alicyclic amines) is 1. The molecule has 0 saturated carbocycles. The van der Waals surface area contributed by atoms with Crippen LogP contribution in [0.2, 0.25) is 0 Å². The number of ether oxygens (including phenoxy) is 2. The van der Waals surface area contributed by atoms with Gasteiger partial charge in [0.15, 0.2) is 0 Å². The van der Waals surface area contributed by atoms with Crippen molar-refractivity contribution < 1.29 is 38.5 Å². The van der Waals surface area contributed by atoms with Crippen LogP contribution >= 0.6 is 18.2 Å². The Balaban J connectivity index is 1.40. The molecule has 1 fully saturated rings. The van der Waals surface area contributed by atoms with Crippen molar-refractivity contribution in [2.24, 2.45) is 5.92 Å². The number of para-hydroxylation sites is 2. The molecule has 3 unspecified atom stereocenters. The van der Waals surface area contributed by atoms with Crippen molar-refractivity contribution >= 4 is 69.5 Å². The topological polar surface area (TPSA) is 188 Å². The summed E-state index contributed by atoms with van der Waals surface area (Å²) >= 11 is 6.96. The number of nitrogens with one attached hydrogen (secondary N) is 1. The number of carbonyl (C=O) groups is 4. The molecule has 3 atom stereocenters. The molecule has 1 N–H and O–H groups in total. The summed E-state index contributed by atoms with van der Waals surface area (Å²) in [4.78, 5) is 77.8. The summed E-state index contributed by atoms with van der Waals surface area (Å²) in [6, 6.07) is 37.6. The van der Waals surface area contributed by atoms with E-state index >= 15 is 4.79 Å². The molecule has 0 bridgehead atoms. The molecule has 1 saturated heterocycles. The molecule has 0 aliphatic carbocycles. The average Bonchev–Trinajstić information content (AvgIpc) is 3.26. The second-order valence-electron chi connectivity index (χ2n) is 14.2. The Kier molecular flexibility index (Phi) is 12.5. The molecule has 2 amide bonds. The Morgan fingerprint density at radius 3 is 1.61 bits per heavy atom. The Hall–Kier alpha value is -6.50. The number of β-lactam (4-membered cyclic amide) rings is 1. The fraction of sp³-hybridized carbons (Fsp3) is 0.209. The van der Waals surface area contributed by atoms with Gasteiger partial charge in [-0.1, -0.05) is 12.1 Å². The molecule has 16 heteroatoms. The predicted octanol–water partition coefficient (Wildman–Crippen LogP) is 6.97. The fourth-order valence-corrected chi connectivity index (χ4v) is 14.1. The molecule has 59 heavy (non-hydrogen) atoms. The minimum atomic E-state index is -4.80. The standard InChI is InChI=1S/C43H40ClN4O10P/c1-43(44,29-49)39-36(25-26-45-41(51)57-27-31-15-11-13-23-37(31)47(53)54)40(50)46(39)30-59(33-17-5-2-6-18-33,34-19-7-3-8-20-34,35-21-9-4-10-22-35)42(52)58-28-32-16-12-14-24-38(32)48(55)56/h2-24,29,36,39H,25-28,30H2,1H3,(H,45,51). The molecular formula is C43H40ClN4O10P. The first-order chi connectivity index (χ1) is 28.3. The van der Waals surface area contributed by atoms with E-state index in [2.05, 4.69) is 5.32 Å². The van der Waals surface area contributed by atoms with Crippen molar-refractivity contribution in [1.82, 2.24) is 10.2 Å². The SMILES string of the molecule is CC(Cl)(C=O)C1C(CCNC(=O)OCc2ccccc2[N+](=O)[O-])C(=O)N1CP(C(=O)OCc1ccccc1[N+](=O)[O-])(c1ccccc1)(c1ccccc1)c1ccccc1. The van der Waals surface area contributed by atoms with Crippen LogP contribution in [0.5, 0.6) is 0 Å². The molecule has 5 aromatic rings. The number of aldehydes is 1. The van der Waals surface area contributed by atoms with Gasteiger partial charge in [-0.2, -0.15) is 0 Å². The van der Waals surface area contributed by atoms with E-state index in [1.54, 1.807) is 103 Å². The zero-order valence-corrected chi connectivity index (χ0v) is 33.4. The third-order valence-electron chi connectivity index (χ3n) is 10.8. The number of alkyl carbamates (subject to hydrolysis) is 1. The summed E-state index contributed by atoms with van der Waals surface area (Å²) in [5.41, 5.74) is -0.806. The Morgan fingerprint density at radius 1 is 0.746 bits per heavy atom. The number of alkyl halides is 1. The van der Waals surface area contributed by atoms with Gasteiger partial charge in [-0.3, -0.25) is 10.1 Å². The van der Waals surface area contributed by atoms with Gasteiger partial charge in [-0.15, -0.1) is 0 Å². The van der Waals surface area contributed by atoms with Gasteiger partial charge in [0.2, 0.25) is 0 Å². The van der Waals surface area contributed by atoms with Crippen LogP contribution in [0.15, 0.2) is 140 Å². The Morgan fingerprint density at radius 2 is 1.17 bits per heavy atom. The fourth-order valence-electron chi connectivity index (χ4n) is 7.90. The van der Waals surface area contributed by atoms with Crippen molar-refractivity contribution in [3.8, 4) is 0 Å². The van der Waals surface area contributed by atoms with Crippen molar-refractivity contribution in [3.63, 3.8) is 0 Å². The monoisotopic (exact) mass is 838 g/mol. The third-order valence-corrected chi connectivity index (χ3v) is 17.2. The summed E-state index contributed by atoms with van der Waals surface area (Å²) in [6.07, 6.45) is -0.608. The van der Waals surface area contributed by atoms with Gasteiger partial charge in [-0.05, 0) is 0 Å². The molecule has 6 rings (SSSR count). The number of nitro groups is 2. The van der Waals surface area contributed by atoms with Gasteiger partial charge < -0.3 is 0 Å². The first-order valence-electron chi connectivity index (χ1n) is 18.5. The molecule has 0 aromatic heterocycles. The van der Waals surface area contributed by atoms with E-state index in [-0.39, 0.29) is 48.4 Å². The van der Waals surface area contributed by atoms with Crippen LogP contribution in [0.1, 0.15) is 24.5 Å². The van der Waals surface area contributed by atoms with Crippen LogP contribution in [0.4, 0.5) is 21.0 Å². The molecule has 1 aliphatic rings. The zero-order valence-electron chi connectivity index (χ0n) is 31.8. The molecule has 1 heterocycles. The van der Waals surface area contributed by atoms with Crippen molar-refractivity contribution in [1.29, 1.82) is 0 Å². The summed E-state index contributed by atoms with van der Waals surface area (Å²) in [7, 11) is 0. The molecule has 304 valence electrons. The quantitative estimate of drug-likeness (QED) is 0.0256. The van der Waals surface area contributed by atoms with E-state index < -0.39 is 57.6 Å². The van der Waals surface area contributed by atoms with Crippen LogP contribution < -0.4 is 21.2 Å². The number of hydrogen-bond acceptors (Lipinski definition) is 10. The van der Waals surface area contributed by atoms with Crippen LogP contribution in [0.25, 0.3) is 0 Å². The number of rotatable bonds is 17. The number of carbonyl (C=O) groups excluding carboxylic acids is 4. The first-order valence-corrected chi connectivity index (χ1v) is 21.3. The van der Waals surface area contributed by atoms with Gasteiger partial charge in [0.1, 0.15) is 0 Å². The van der Waals surface area contributed by atoms with E-state index in [0.29, 0.717) is 22.2 Å². The van der Waals surface area contributed by atoms with Gasteiger partial charge in [-0.25, -0.2) is 0 Å². The normalized spacial score (nSPS) is 16.6. The molecule has 14 nitrogen and oxygen atoms in total. The summed E-state index contributed by atoms with van der Waals surface area (Å²) < 4.78 is 11.5. The van der Waals surface area contributed by atoms with Crippen LogP contribution in [-0.4, -0.2) is 62.5 Å². The summed E-state index contributed by atoms with van der Waals surface area (Å²) in [5.74, 6) is -1.34. The van der Waals surface area contributed by atoms with Gasteiger partial charge in [0.05, 0.1) is 4.92 Å². The molecule has 0 radical (unpaired) electrons. The molecule has 5 aromatic carbocycles. The van der Waals surface area contributed by atoms with Crippen molar-refractivity contribution in [3.05, 3.63) is 171 Å². The van der Waals surface area contributed by atoms with Crippen molar-refractivity contribution in [2.75, 3.05) is 12.8 Å². The first kappa shape index (κ1) is 42.1. The predicted molar refractivity (Wildman–Crippen MR) is 224 cm³/mol. The average molecular weight is 839 g/mol. The molecule has 0 spiro atoms. The number of amides is 2. The number of benzene rings is 5. The van der Waals surface area contributed by atoms with Crippen LogP contribution in [0.3, 0.4) is 0 Å². The second-order valence-corrected chi connectivity index (χ2v) is 19.8. The minimum absolute atomic E-state index is 0.0246. The van der Waals surface area contributed by atoms with Crippen LogP contribution in [0, 0.1) is 26.1 Å². The van der Waals surface area contributed by atoms with E-state index in [1.165, 1.54) is 48.2 Å². The summed E-state index contributed by atoms with van der Waals surface area (Å²) in [5, 5.41) is 27.5. The zero-order chi connectivity index (χ0) is 42.2. The number of halogens is 1. The molecule has 1 aliphatic heterocycles. The Bertz CT molecular complexity index is 2270. The van der Waals surface area contributed by atoms with Gasteiger partial charge >= 0.3 is 312 Å². The second kappa shape index (κ2) is 17.6. The molecular weight excluding hydrogens is 799 g/mol. The van der Waals surface area contributed by atoms with Crippen molar-refractivity contribution in [2.45, 2.75) is 37.5 Å². The number of hydrogen-bond donors (Lipinski definition) is 1. The summed E-state index contributed by atoms with van der Waals surface area (Å²) in [6.45, 7) is -4.24. The van der Waals surface area contributed by atoms with Gasteiger partial charge in [0.25, 0.3) is 0 Å². The van der Waals surface area contributed by atoms with E-state index in [1.807, 2.05) is 0 Å². The van der Waals surface area contributed by atoms with E-state index in [0.717, 1.165) is 0 Å². The number of nitro benzene ring substituents is 2. The van der Waals surface area contributed by atoms with Gasteiger partial charge in [0, 0.05) is 6.07 Å². The van der Waals surface area contributed by atoms with E-state index in [4.69, 9.17) is 21.1 Å². The Labute approximate surface area is 344 Å². The third kappa shape index (κ3) is 7.89. The number of nitrogens with zero attached hydrogens (tertiary/aromatic N) is 3. The maximum absolute atomic E-state index is 15.7. The van der Waals surface area contributed by atoms with Crippen LogP contribution in [-0.2, 0) is 32.3 Å². The van der Waals surface area contributed by atoms with E-state index in [9.17, 15) is 34.6 Å².